The molecule has 190 valence electrons. The summed E-state index contributed by atoms with van der Waals surface area (Å²) in [6.07, 6.45) is 1.64. The molecule has 1 aromatic heterocycles. The lowest BCUT2D eigenvalue weighted by Crippen LogP contribution is -2.49. The van der Waals surface area contributed by atoms with Crippen molar-refractivity contribution in [1.29, 1.82) is 0 Å². The Bertz CT molecular complexity index is 1160. The SMILES string of the molecule is C=C[C@@H]1C[C@]1(NC(=O)[C@@H]1C[C@@H](Oc2cc(-c3ccccc3)nc(OC)n2)C[C@H]1C(=O)O)C(=O)OCC. The third-order valence-corrected chi connectivity index (χ3v) is 6.68. The van der Waals surface area contributed by atoms with Gasteiger partial charge in [-0.15, -0.1) is 6.58 Å². The first-order valence-corrected chi connectivity index (χ1v) is 11.8. The lowest BCUT2D eigenvalue weighted by Gasteiger charge is -2.21. The van der Waals surface area contributed by atoms with E-state index in [0.717, 1.165) is 5.56 Å². The number of carboxylic acids is 1. The van der Waals surface area contributed by atoms with Gasteiger partial charge in [-0.25, -0.2) is 4.79 Å². The fraction of sp³-hybridized carbons (Fsp3) is 0.423. The highest BCUT2D eigenvalue weighted by molar-refractivity contribution is 5.94. The Labute approximate surface area is 208 Å². The average Bonchev–Trinajstić information content (AvgIpc) is 3.43. The zero-order valence-electron chi connectivity index (χ0n) is 20.2. The largest absolute Gasteiger partial charge is 0.481 e. The summed E-state index contributed by atoms with van der Waals surface area (Å²) in [6.45, 7) is 5.57. The van der Waals surface area contributed by atoms with Crippen molar-refractivity contribution >= 4 is 17.8 Å². The number of carbonyl (C=O) groups is 3. The molecular weight excluding hydrogens is 466 g/mol. The van der Waals surface area contributed by atoms with Gasteiger partial charge in [0.25, 0.3) is 0 Å². The van der Waals surface area contributed by atoms with Crippen LogP contribution in [-0.4, -0.2) is 58.3 Å². The number of carboxylic acid groups (broad SMARTS) is 1. The lowest BCUT2D eigenvalue weighted by molar-refractivity contribution is -0.150. The van der Waals surface area contributed by atoms with Gasteiger partial charge >= 0.3 is 17.9 Å². The molecule has 36 heavy (non-hydrogen) atoms. The number of hydrogen-bond donors (Lipinski definition) is 2. The maximum Gasteiger partial charge on any atom is 0.332 e. The normalized spacial score (nSPS) is 26.5. The Kier molecular flexibility index (Phi) is 7.23. The van der Waals surface area contributed by atoms with Gasteiger partial charge < -0.3 is 24.6 Å². The third kappa shape index (κ3) is 5.02. The van der Waals surface area contributed by atoms with E-state index in [-0.39, 0.29) is 37.3 Å². The molecule has 2 saturated carbocycles. The quantitative estimate of drug-likeness (QED) is 0.376. The van der Waals surface area contributed by atoms with E-state index in [9.17, 15) is 19.5 Å². The molecule has 2 N–H and O–H groups in total. The second-order valence-electron chi connectivity index (χ2n) is 8.93. The van der Waals surface area contributed by atoms with Crippen molar-refractivity contribution in [3.05, 3.63) is 49.1 Å². The number of rotatable bonds is 10. The molecule has 10 heteroatoms. The smallest absolute Gasteiger partial charge is 0.332 e. The van der Waals surface area contributed by atoms with E-state index in [0.29, 0.717) is 12.1 Å². The van der Waals surface area contributed by atoms with Crippen molar-refractivity contribution in [3.8, 4) is 23.1 Å². The molecule has 2 aliphatic carbocycles. The predicted octanol–water partition coefficient (Wildman–Crippen LogP) is 2.63. The predicted molar refractivity (Wildman–Crippen MR) is 128 cm³/mol. The zero-order chi connectivity index (χ0) is 25.9. The van der Waals surface area contributed by atoms with Gasteiger partial charge in [0.2, 0.25) is 11.8 Å². The maximum absolute atomic E-state index is 13.2. The van der Waals surface area contributed by atoms with E-state index in [2.05, 4.69) is 21.9 Å². The van der Waals surface area contributed by atoms with Crippen LogP contribution in [0.2, 0.25) is 0 Å². The Morgan fingerprint density at radius 1 is 1.19 bits per heavy atom. The summed E-state index contributed by atoms with van der Waals surface area (Å²) in [6, 6.07) is 11.2. The number of ether oxygens (including phenoxy) is 3. The molecule has 0 bridgehead atoms. The van der Waals surface area contributed by atoms with E-state index in [1.165, 1.54) is 7.11 Å². The highest BCUT2D eigenvalue weighted by Gasteiger charge is 2.62. The summed E-state index contributed by atoms with van der Waals surface area (Å²) in [4.78, 5) is 46.3. The molecule has 4 rings (SSSR count). The van der Waals surface area contributed by atoms with Crippen LogP contribution in [0, 0.1) is 17.8 Å². The number of methoxy groups -OCH3 is 1. The Balaban J connectivity index is 1.51. The van der Waals surface area contributed by atoms with Crippen LogP contribution in [0.15, 0.2) is 49.1 Å². The second-order valence-corrected chi connectivity index (χ2v) is 8.93. The van der Waals surface area contributed by atoms with Crippen molar-refractivity contribution in [2.45, 2.75) is 37.8 Å². The Morgan fingerprint density at radius 2 is 1.92 bits per heavy atom. The fourth-order valence-corrected chi connectivity index (χ4v) is 4.71. The standard InChI is InChI=1S/C26H29N3O7/c1-4-16-14-26(16,24(33)35-5-2)29-22(30)18-11-17(12-19(18)23(31)32)36-21-13-20(27-25(28-21)34-3)15-9-7-6-8-10-15/h4,6-10,13,16-19H,1,5,11-12,14H2,2-3H3,(H,29,30)(H,31,32)/t16-,17-,18-,19-,26-/m1/s1. The van der Waals surface area contributed by atoms with Gasteiger partial charge in [0.05, 0.1) is 31.2 Å². The third-order valence-electron chi connectivity index (χ3n) is 6.68. The summed E-state index contributed by atoms with van der Waals surface area (Å²) in [5, 5.41) is 12.6. The topological polar surface area (TPSA) is 137 Å². The molecule has 0 saturated heterocycles. The highest BCUT2D eigenvalue weighted by Crippen LogP contribution is 2.46. The average molecular weight is 496 g/mol. The fourth-order valence-electron chi connectivity index (χ4n) is 4.71. The minimum absolute atomic E-state index is 0.106. The highest BCUT2D eigenvalue weighted by atomic mass is 16.5. The van der Waals surface area contributed by atoms with E-state index >= 15 is 0 Å². The molecule has 0 radical (unpaired) electrons. The van der Waals surface area contributed by atoms with E-state index in [1.807, 2.05) is 30.3 Å². The van der Waals surface area contributed by atoms with Gasteiger partial charge in [-0.3, -0.25) is 9.59 Å². The number of nitrogens with zero attached hydrogens (tertiary/aromatic N) is 2. The van der Waals surface area contributed by atoms with Gasteiger partial charge in [0.1, 0.15) is 11.6 Å². The summed E-state index contributed by atoms with van der Waals surface area (Å²) < 4.78 is 16.4. The van der Waals surface area contributed by atoms with Crippen LogP contribution in [0.1, 0.15) is 26.2 Å². The van der Waals surface area contributed by atoms with Crippen LogP contribution in [0.3, 0.4) is 0 Å². The first-order chi connectivity index (χ1) is 17.3. The Morgan fingerprint density at radius 3 is 2.53 bits per heavy atom. The number of esters is 1. The van der Waals surface area contributed by atoms with Crippen LogP contribution in [0.5, 0.6) is 11.9 Å². The van der Waals surface area contributed by atoms with E-state index in [1.54, 1.807) is 19.1 Å². The summed E-state index contributed by atoms with van der Waals surface area (Å²) in [5.74, 6) is -4.07. The Hall–Kier alpha value is -3.95. The summed E-state index contributed by atoms with van der Waals surface area (Å²) in [5.41, 5.74) is 0.224. The van der Waals surface area contributed by atoms with Gasteiger partial charge in [-0.2, -0.15) is 9.97 Å². The number of nitrogens with one attached hydrogen (secondary N) is 1. The minimum Gasteiger partial charge on any atom is -0.481 e. The summed E-state index contributed by atoms with van der Waals surface area (Å²) in [7, 11) is 1.44. The number of carbonyl (C=O) groups excluding carboxylic acids is 2. The van der Waals surface area contributed by atoms with Gasteiger partial charge in [-0.1, -0.05) is 36.4 Å². The monoisotopic (exact) mass is 495 g/mol. The zero-order valence-corrected chi connectivity index (χ0v) is 20.2. The van der Waals surface area contributed by atoms with E-state index in [4.69, 9.17) is 14.2 Å². The number of hydrogen-bond acceptors (Lipinski definition) is 8. The van der Waals surface area contributed by atoms with Crippen LogP contribution in [0.4, 0.5) is 0 Å². The molecular formula is C26H29N3O7. The van der Waals surface area contributed by atoms with Crippen LogP contribution >= 0.6 is 0 Å². The lowest BCUT2D eigenvalue weighted by atomic mass is 9.94. The maximum atomic E-state index is 13.2. The molecule has 1 aromatic carbocycles. The van der Waals surface area contributed by atoms with Crippen LogP contribution in [-0.2, 0) is 19.1 Å². The van der Waals surface area contributed by atoms with Gasteiger partial charge in [0, 0.05) is 17.5 Å². The first kappa shape index (κ1) is 25.2. The minimum atomic E-state index is -1.19. The molecule has 0 unspecified atom stereocenters. The van der Waals surface area contributed by atoms with E-state index < -0.39 is 41.3 Å². The van der Waals surface area contributed by atoms with Crippen molar-refractivity contribution in [2.75, 3.05) is 13.7 Å². The number of benzene rings is 1. The van der Waals surface area contributed by atoms with Crippen molar-refractivity contribution in [2.24, 2.45) is 17.8 Å². The van der Waals surface area contributed by atoms with Crippen LogP contribution in [0.25, 0.3) is 11.3 Å². The summed E-state index contributed by atoms with van der Waals surface area (Å²) >= 11 is 0. The first-order valence-electron chi connectivity index (χ1n) is 11.8. The number of aliphatic carboxylic acids is 1. The molecule has 0 spiro atoms. The molecule has 10 nitrogen and oxygen atoms in total. The number of aromatic nitrogens is 2. The van der Waals surface area contributed by atoms with Crippen molar-refractivity contribution < 1.29 is 33.7 Å². The second kappa shape index (κ2) is 10.3. The van der Waals surface area contributed by atoms with Gasteiger partial charge in [0.15, 0.2) is 0 Å². The molecule has 1 amide bonds. The molecule has 2 aliphatic rings. The number of amides is 1. The molecule has 2 aromatic rings. The molecule has 5 atom stereocenters. The van der Waals surface area contributed by atoms with Crippen LogP contribution < -0.4 is 14.8 Å². The molecule has 1 heterocycles. The van der Waals surface area contributed by atoms with Crippen molar-refractivity contribution in [1.82, 2.24) is 15.3 Å². The molecule has 2 fully saturated rings. The van der Waals surface area contributed by atoms with Crippen molar-refractivity contribution in [3.63, 3.8) is 0 Å². The molecule has 0 aliphatic heterocycles. The van der Waals surface area contributed by atoms with Gasteiger partial charge in [-0.05, 0) is 26.2 Å².